The second kappa shape index (κ2) is 7.83. The Balaban J connectivity index is 1.55. The largest absolute Gasteiger partial charge is 0.481 e. The third kappa shape index (κ3) is 3.32. The molecule has 1 aromatic heterocycles. The Morgan fingerprint density at radius 1 is 1.12 bits per heavy atom. The van der Waals surface area contributed by atoms with Gasteiger partial charge in [-0.1, -0.05) is 47.5 Å². The summed E-state index contributed by atoms with van der Waals surface area (Å²) in [7, 11) is 0. The lowest BCUT2D eigenvalue weighted by molar-refractivity contribution is -0.137. The molecule has 32 heavy (non-hydrogen) atoms. The Hall–Kier alpha value is -3.03. The van der Waals surface area contributed by atoms with Crippen molar-refractivity contribution in [2.24, 2.45) is 0 Å². The number of halogens is 2. The summed E-state index contributed by atoms with van der Waals surface area (Å²) < 4.78 is 2.13. The highest BCUT2D eigenvalue weighted by atomic mass is 35.5. The van der Waals surface area contributed by atoms with Gasteiger partial charge in [0.1, 0.15) is 6.04 Å². The van der Waals surface area contributed by atoms with E-state index >= 15 is 0 Å². The normalized spacial score (nSPS) is 17.8. The van der Waals surface area contributed by atoms with Gasteiger partial charge in [0.05, 0.1) is 13.0 Å². The van der Waals surface area contributed by atoms with Crippen molar-refractivity contribution >= 4 is 52.0 Å². The molecule has 2 aromatic carbocycles. The van der Waals surface area contributed by atoms with E-state index in [9.17, 15) is 14.4 Å². The van der Waals surface area contributed by atoms with Gasteiger partial charge in [-0.2, -0.15) is 0 Å². The maximum absolute atomic E-state index is 12.9. The van der Waals surface area contributed by atoms with Crippen LogP contribution in [-0.4, -0.2) is 50.0 Å². The predicted molar refractivity (Wildman–Crippen MR) is 120 cm³/mol. The molecule has 0 unspecified atom stereocenters. The van der Waals surface area contributed by atoms with Crippen molar-refractivity contribution in [3.63, 3.8) is 0 Å². The van der Waals surface area contributed by atoms with Crippen molar-refractivity contribution in [2.75, 3.05) is 6.54 Å². The van der Waals surface area contributed by atoms with E-state index in [2.05, 4.69) is 4.57 Å². The second-order valence-corrected chi connectivity index (χ2v) is 8.87. The molecular formula is C23H19Cl2N3O4. The lowest BCUT2D eigenvalue weighted by atomic mass is 9.97. The molecule has 0 saturated carbocycles. The highest BCUT2D eigenvalue weighted by molar-refractivity contribution is 6.35. The molecule has 3 heterocycles. The van der Waals surface area contributed by atoms with Crippen molar-refractivity contribution in [3.05, 3.63) is 69.3 Å². The van der Waals surface area contributed by atoms with E-state index in [-0.39, 0.29) is 25.4 Å². The van der Waals surface area contributed by atoms with E-state index in [4.69, 9.17) is 28.3 Å². The summed E-state index contributed by atoms with van der Waals surface area (Å²) in [4.78, 5) is 39.4. The number of carboxylic acids is 1. The maximum Gasteiger partial charge on any atom is 0.327 e. The van der Waals surface area contributed by atoms with E-state index in [1.165, 1.54) is 0 Å². The fourth-order valence-electron chi connectivity index (χ4n) is 4.68. The van der Waals surface area contributed by atoms with Crippen molar-refractivity contribution in [3.8, 4) is 0 Å². The molecule has 0 radical (unpaired) electrons. The Morgan fingerprint density at radius 3 is 2.66 bits per heavy atom. The quantitative estimate of drug-likeness (QED) is 0.566. The topological polar surface area (TPSA) is 82.8 Å². The van der Waals surface area contributed by atoms with Crippen LogP contribution in [0.25, 0.3) is 10.9 Å². The number of para-hydroxylation sites is 1. The zero-order chi connectivity index (χ0) is 22.6. The Morgan fingerprint density at radius 2 is 1.91 bits per heavy atom. The molecule has 0 spiro atoms. The fourth-order valence-corrected chi connectivity index (χ4v) is 5.14. The maximum atomic E-state index is 12.9. The monoisotopic (exact) mass is 471 g/mol. The third-order valence-corrected chi connectivity index (χ3v) is 6.80. The van der Waals surface area contributed by atoms with Crippen LogP contribution in [0.5, 0.6) is 0 Å². The third-order valence-electron chi connectivity index (χ3n) is 6.21. The van der Waals surface area contributed by atoms with Gasteiger partial charge in [-0.3, -0.25) is 14.5 Å². The highest BCUT2D eigenvalue weighted by Crippen LogP contribution is 2.37. The number of aromatic nitrogens is 1. The van der Waals surface area contributed by atoms with Crippen molar-refractivity contribution in [1.29, 1.82) is 0 Å². The van der Waals surface area contributed by atoms with Crippen LogP contribution in [0.4, 0.5) is 4.79 Å². The molecule has 9 heteroatoms. The number of rotatable bonds is 5. The molecule has 3 aromatic rings. The minimum Gasteiger partial charge on any atom is -0.481 e. The van der Waals surface area contributed by atoms with Crippen LogP contribution < -0.4 is 0 Å². The van der Waals surface area contributed by atoms with Gasteiger partial charge >= 0.3 is 12.0 Å². The van der Waals surface area contributed by atoms with E-state index < -0.39 is 18.0 Å². The van der Waals surface area contributed by atoms with E-state index in [0.717, 1.165) is 32.6 Å². The molecule has 1 atom stereocenters. The van der Waals surface area contributed by atoms with Crippen LogP contribution in [-0.2, 0) is 29.1 Å². The van der Waals surface area contributed by atoms with Crippen LogP contribution in [0.1, 0.15) is 23.2 Å². The van der Waals surface area contributed by atoms with Crippen molar-refractivity contribution in [1.82, 2.24) is 14.4 Å². The van der Waals surface area contributed by atoms with Gasteiger partial charge in [-0.15, -0.1) is 0 Å². The molecule has 5 rings (SSSR count). The van der Waals surface area contributed by atoms with E-state index in [1.54, 1.807) is 17.0 Å². The van der Waals surface area contributed by atoms with Gasteiger partial charge in [0.2, 0.25) is 0 Å². The number of fused-ring (bicyclic) bond motifs is 4. The lowest BCUT2D eigenvalue weighted by Gasteiger charge is -2.28. The summed E-state index contributed by atoms with van der Waals surface area (Å²) in [5.74, 6) is -1.38. The number of aliphatic carboxylic acids is 1. The highest BCUT2D eigenvalue weighted by Gasteiger charge is 2.48. The minimum atomic E-state index is -1.05. The average Bonchev–Trinajstić information content (AvgIpc) is 3.19. The first-order chi connectivity index (χ1) is 15.3. The number of imide groups is 1. The molecule has 0 bridgehead atoms. The number of amides is 3. The van der Waals surface area contributed by atoms with Crippen LogP contribution in [0.15, 0.2) is 42.5 Å². The number of hydrogen-bond acceptors (Lipinski definition) is 3. The molecule has 1 N–H and O–H groups in total. The van der Waals surface area contributed by atoms with E-state index in [1.807, 2.05) is 30.3 Å². The SMILES string of the molecule is O=C(O)CCN1C(=O)[C@@H]2Cc3c(n(Cc4ccc(Cl)cc4Cl)c4ccccc34)CN2C1=O. The van der Waals surface area contributed by atoms with Crippen LogP contribution in [0, 0.1) is 0 Å². The fraction of sp³-hybridized carbons (Fsp3) is 0.261. The van der Waals surface area contributed by atoms with Gasteiger partial charge in [0, 0.05) is 46.2 Å². The summed E-state index contributed by atoms with van der Waals surface area (Å²) in [6.45, 7) is 0.647. The molecule has 2 aliphatic rings. The number of urea groups is 1. The summed E-state index contributed by atoms with van der Waals surface area (Å²) in [6.07, 6.45) is 0.126. The summed E-state index contributed by atoms with van der Waals surface area (Å²) in [5.41, 5.74) is 3.89. The van der Waals surface area contributed by atoms with Crippen LogP contribution in [0.2, 0.25) is 10.0 Å². The predicted octanol–water partition coefficient (Wildman–Crippen LogP) is 4.16. The summed E-state index contributed by atoms with van der Waals surface area (Å²) in [6, 6.07) is 12.3. The van der Waals surface area contributed by atoms with Gasteiger partial charge < -0.3 is 14.6 Å². The molecule has 7 nitrogen and oxygen atoms in total. The lowest BCUT2D eigenvalue weighted by Crippen LogP contribution is -2.40. The number of carbonyl (C=O) groups is 3. The summed E-state index contributed by atoms with van der Waals surface area (Å²) >= 11 is 12.5. The Bertz CT molecular complexity index is 1290. The zero-order valence-corrected chi connectivity index (χ0v) is 18.4. The van der Waals surface area contributed by atoms with Gasteiger partial charge in [0.25, 0.3) is 5.91 Å². The smallest absolute Gasteiger partial charge is 0.327 e. The van der Waals surface area contributed by atoms with Crippen LogP contribution in [0.3, 0.4) is 0 Å². The molecule has 0 aliphatic carbocycles. The first-order valence-corrected chi connectivity index (χ1v) is 11.0. The van der Waals surface area contributed by atoms with Gasteiger partial charge in [0.15, 0.2) is 0 Å². The number of hydrogen-bond donors (Lipinski definition) is 1. The number of carboxylic acid groups (broad SMARTS) is 1. The first-order valence-electron chi connectivity index (χ1n) is 10.2. The number of benzene rings is 2. The van der Waals surface area contributed by atoms with Crippen molar-refractivity contribution in [2.45, 2.75) is 32.0 Å². The molecule has 3 amide bonds. The molecule has 164 valence electrons. The number of nitrogens with zero attached hydrogens (tertiary/aromatic N) is 3. The average molecular weight is 472 g/mol. The zero-order valence-electron chi connectivity index (χ0n) is 16.9. The van der Waals surface area contributed by atoms with Crippen LogP contribution >= 0.6 is 23.2 Å². The van der Waals surface area contributed by atoms with E-state index in [0.29, 0.717) is 23.0 Å². The Labute approximate surface area is 193 Å². The Kier molecular flexibility index (Phi) is 5.10. The summed E-state index contributed by atoms with van der Waals surface area (Å²) in [5, 5.41) is 11.1. The number of carbonyl (C=O) groups excluding carboxylic acids is 2. The minimum absolute atomic E-state index is 0.120. The van der Waals surface area contributed by atoms with Gasteiger partial charge in [-0.25, -0.2) is 4.79 Å². The standard InChI is InChI=1S/C23H19Cl2N3O4/c24-14-6-5-13(17(25)9-14)11-27-18-4-2-1-3-15(18)16-10-19-22(31)26(8-7-21(29)30)23(32)28(19)12-20(16)27/h1-6,9,19H,7-8,10-12H2,(H,29,30)/t19-/m0/s1. The van der Waals surface area contributed by atoms with Gasteiger partial charge in [-0.05, 0) is 29.3 Å². The molecular weight excluding hydrogens is 453 g/mol. The second-order valence-electron chi connectivity index (χ2n) is 8.03. The molecule has 1 fully saturated rings. The molecule has 2 aliphatic heterocycles. The molecule has 1 saturated heterocycles. The van der Waals surface area contributed by atoms with Crippen molar-refractivity contribution < 1.29 is 19.5 Å². The first kappa shape index (κ1) is 20.8.